The van der Waals surface area contributed by atoms with E-state index in [4.69, 9.17) is 14.2 Å². The van der Waals surface area contributed by atoms with Gasteiger partial charge in [-0.15, -0.1) is 0 Å². The Bertz CT molecular complexity index is 721. The van der Waals surface area contributed by atoms with E-state index in [1.165, 1.54) is 116 Å². The summed E-state index contributed by atoms with van der Waals surface area (Å²) in [5.41, 5.74) is 0. The number of unbranched alkanes of at least 4 members (excludes halogenated alkanes) is 24. The Labute approximate surface area is 298 Å². The molecule has 0 fully saturated rings. The number of hydrogen-bond donors (Lipinski definition) is 0. The number of hydrogen-bond acceptors (Lipinski definition) is 6. The SMILES string of the molecule is CCCCCCCCCCCCCCCCCCC(=O)OC[C@@H](COC(=O)CCCCCCCCC(C)C)OC(=O)CCCCCCC. The molecule has 1 atom stereocenters. The lowest BCUT2D eigenvalue weighted by Crippen LogP contribution is -2.30. The Balaban J connectivity index is 4.13. The van der Waals surface area contributed by atoms with Crippen molar-refractivity contribution in [2.24, 2.45) is 5.92 Å². The molecule has 0 rings (SSSR count). The van der Waals surface area contributed by atoms with Crippen LogP contribution in [-0.2, 0) is 28.6 Å². The standard InChI is InChI=1S/C42H80O6/c1-5-7-9-11-12-13-14-15-16-17-18-19-20-21-26-29-33-40(43)46-36-39(48-42(45)35-31-24-10-8-6-2)37-47-41(44)34-30-27-23-22-25-28-32-38(3)4/h38-39H,5-37H2,1-4H3/t39-/m0/s1. The van der Waals surface area contributed by atoms with E-state index in [1.54, 1.807) is 0 Å². The Kier molecular flexibility index (Phi) is 35.5. The molecule has 0 amide bonds. The van der Waals surface area contributed by atoms with Crippen LogP contribution in [0, 0.1) is 5.92 Å². The monoisotopic (exact) mass is 681 g/mol. The van der Waals surface area contributed by atoms with Crippen LogP contribution in [0.15, 0.2) is 0 Å². The molecular formula is C42H80O6. The van der Waals surface area contributed by atoms with Crippen molar-refractivity contribution in [3.63, 3.8) is 0 Å². The van der Waals surface area contributed by atoms with E-state index >= 15 is 0 Å². The largest absolute Gasteiger partial charge is 0.462 e. The number of ether oxygens (including phenoxy) is 3. The molecule has 0 N–H and O–H groups in total. The van der Waals surface area contributed by atoms with Crippen molar-refractivity contribution in [1.82, 2.24) is 0 Å². The number of carbonyl (C=O) groups is 3. The van der Waals surface area contributed by atoms with Crippen LogP contribution in [0.1, 0.15) is 227 Å². The van der Waals surface area contributed by atoms with Gasteiger partial charge in [0.1, 0.15) is 13.2 Å². The van der Waals surface area contributed by atoms with E-state index in [0.717, 1.165) is 70.1 Å². The second-order valence-corrected chi connectivity index (χ2v) is 14.7. The smallest absolute Gasteiger partial charge is 0.306 e. The minimum Gasteiger partial charge on any atom is -0.462 e. The van der Waals surface area contributed by atoms with Crippen LogP contribution in [0.2, 0.25) is 0 Å². The highest BCUT2D eigenvalue weighted by atomic mass is 16.6. The summed E-state index contributed by atoms with van der Waals surface area (Å²) in [5, 5.41) is 0. The quantitative estimate of drug-likeness (QED) is 0.0369. The normalized spacial score (nSPS) is 11.9. The van der Waals surface area contributed by atoms with Gasteiger partial charge in [0.15, 0.2) is 6.10 Å². The minimum atomic E-state index is -0.757. The van der Waals surface area contributed by atoms with Crippen LogP contribution in [0.25, 0.3) is 0 Å². The Morgan fingerprint density at radius 2 is 0.688 bits per heavy atom. The van der Waals surface area contributed by atoms with Crippen LogP contribution in [0.3, 0.4) is 0 Å². The predicted molar refractivity (Wildman–Crippen MR) is 201 cm³/mol. The molecule has 0 bridgehead atoms. The molecule has 284 valence electrons. The maximum atomic E-state index is 12.5. The third-order valence-electron chi connectivity index (χ3n) is 9.29. The third kappa shape index (κ3) is 35.7. The second-order valence-electron chi connectivity index (χ2n) is 14.7. The van der Waals surface area contributed by atoms with Crippen molar-refractivity contribution in [2.45, 2.75) is 233 Å². The summed E-state index contributed by atoms with van der Waals surface area (Å²) < 4.78 is 16.5. The average Bonchev–Trinajstić information content (AvgIpc) is 3.06. The van der Waals surface area contributed by atoms with E-state index < -0.39 is 6.10 Å². The molecule has 6 heteroatoms. The van der Waals surface area contributed by atoms with Gasteiger partial charge in [-0.05, 0) is 25.2 Å². The highest BCUT2D eigenvalue weighted by molar-refractivity contribution is 5.71. The average molecular weight is 681 g/mol. The summed E-state index contributed by atoms with van der Waals surface area (Å²) in [4.78, 5) is 37.2. The Morgan fingerprint density at radius 3 is 1.02 bits per heavy atom. The molecule has 0 aliphatic heterocycles. The van der Waals surface area contributed by atoms with Crippen LogP contribution in [0.4, 0.5) is 0 Å². The molecule has 48 heavy (non-hydrogen) atoms. The van der Waals surface area contributed by atoms with E-state index in [9.17, 15) is 14.4 Å². The van der Waals surface area contributed by atoms with Gasteiger partial charge >= 0.3 is 17.9 Å². The molecule has 0 aliphatic rings. The molecule has 0 spiro atoms. The van der Waals surface area contributed by atoms with Crippen molar-refractivity contribution < 1.29 is 28.6 Å². The molecular weight excluding hydrogens is 600 g/mol. The van der Waals surface area contributed by atoms with Gasteiger partial charge in [0.2, 0.25) is 0 Å². The fourth-order valence-electron chi connectivity index (χ4n) is 6.10. The molecule has 0 saturated carbocycles. The minimum absolute atomic E-state index is 0.0665. The van der Waals surface area contributed by atoms with Gasteiger partial charge in [-0.25, -0.2) is 0 Å². The van der Waals surface area contributed by atoms with Crippen LogP contribution < -0.4 is 0 Å². The maximum Gasteiger partial charge on any atom is 0.306 e. The van der Waals surface area contributed by atoms with E-state index in [-0.39, 0.29) is 31.1 Å². The summed E-state index contributed by atoms with van der Waals surface area (Å²) in [7, 11) is 0. The molecule has 0 aromatic carbocycles. The third-order valence-corrected chi connectivity index (χ3v) is 9.29. The van der Waals surface area contributed by atoms with Crippen molar-refractivity contribution in [1.29, 1.82) is 0 Å². The van der Waals surface area contributed by atoms with Gasteiger partial charge in [0.05, 0.1) is 0 Å². The first-order valence-corrected chi connectivity index (χ1v) is 20.9. The number of rotatable bonds is 37. The fourth-order valence-corrected chi connectivity index (χ4v) is 6.10. The van der Waals surface area contributed by atoms with Crippen LogP contribution in [-0.4, -0.2) is 37.2 Å². The highest BCUT2D eigenvalue weighted by Gasteiger charge is 2.19. The highest BCUT2D eigenvalue weighted by Crippen LogP contribution is 2.15. The molecule has 0 aromatic heterocycles. The second kappa shape index (κ2) is 36.7. The number of carbonyl (C=O) groups excluding carboxylic acids is 3. The van der Waals surface area contributed by atoms with E-state index in [2.05, 4.69) is 27.7 Å². The summed E-state index contributed by atoms with van der Waals surface area (Å²) in [6.45, 7) is 8.83. The molecule has 0 radical (unpaired) electrons. The van der Waals surface area contributed by atoms with Gasteiger partial charge in [-0.3, -0.25) is 14.4 Å². The van der Waals surface area contributed by atoms with Crippen molar-refractivity contribution >= 4 is 17.9 Å². The van der Waals surface area contributed by atoms with Gasteiger partial charge in [-0.2, -0.15) is 0 Å². The topological polar surface area (TPSA) is 78.9 Å². The van der Waals surface area contributed by atoms with Crippen LogP contribution >= 0.6 is 0 Å². The molecule has 6 nitrogen and oxygen atoms in total. The van der Waals surface area contributed by atoms with E-state index in [0.29, 0.717) is 19.3 Å². The lowest BCUT2D eigenvalue weighted by atomic mass is 10.0. The lowest BCUT2D eigenvalue weighted by Gasteiger charge is -2.18. The number of esters is 3. The van der Waals surface area contributed by atoms with Crippen molar-refractivity contribution in [3.8, 4) is 0 Å². The Hall–Kier alpha value is -1.59. The summed E-state index contributed by atoms with van der Waals surface area (Å²) in [6.07, 6.45) is 34.2. The summed E-state index contributed by atoms with van der Waals surface area (Å²) >= 11 is 0. The molecule has 0 saturated heterocycles. The molecule has 0 aliphatic carbocycles. The zero-order chi connectivity index (χ0) is 35.3. The molecule has 0 aromatic rings. The molecule has 0 heterocycles. The van der Waals surface area contributed by atoms with Crippen LogP contribution in [0.5, 0.6) is 0 Å². The first-order valence-electron chi connectivity index (χ1n) is 20.9. The van der Waals surface area contributed by atoms with Crippen molar-refractivity contribution in [3.05, 3.63) is 0 Å². The Morgan fingerprint density at radius 1 is 0.396 bits per heavy atom. The van der Waals surface area contributed by atoms with Gasteiger partial charge in [-0.1, -0.05) is 188 Å². The zero-order valence-electron chi connectivity index (χ0n) is 32.4. The zero-order valence-corrected chi connectivity index (χ0v) is 32.4. The lowest BCUT2D eigenvalue weighted by molar-refractivity contribution is -0.167. The summed E-state index contributed by atoms with van der Waals surface area (Å²) in [5.74, 6) is -0.115. The predicted octanol–water partition coefficient (Wildman–Crippen LogP) is 12.8. The first-order chi connectivity index (χ1) is 23.4. The first kappa shape index (κ1) is 46.4. The fraction of sp³-hybridized carbons (Fsp3) is 0.929. The van der Waals surface area contributed by atoms with E-state index in [1.807, 2.05) is 0 Å². The molecule has 0 unspecified atom stereocenters. The van der Waals surface area contributed by atoms with Gasteiger partial charge in [0, 0.05) is 19.3 Å². The van der Waals surface area contributed by atoms with Gasteiger partial charge < -0.3 is 14.2 Å². The maximum absolute atomic E-state index is 12.5. The summed E-state index contributed by atoms with van der Waals surface area (Å²) in [6, 6.07) is 0. The van der Waals surface area contributed by atoms with Gasteiger partial charge in [0.25, 0.3) is 0 Å². The van der Waals surface area contributed by atoms with Crippen molar-refractivity contribution in [2.75, 3.05) is 13.2 Å².